The summed E-state index contributed by atoms with van der Waals surface area (Å²) < 4.78 is 25.0. The van der Waals surface area contributed by atoms with Gasteiger partial charge in [-0.3, -0.25) is 0 Å². The first kappa shape index (κ1) is 18.7. The zero-order chi connectivity index (χ0) is 16.0. The Morgan fingerprint density at radius 3 is 0.600 bits per heavy atom. The molecule has 0 radical (unpaired) electrons. The first-order chi connectivity index (χ1) is 8.54. The van der Waals surface area contributed by atoms with Crippen molar-refractivity contribution in [3.05, 3.63) is 0 Å². The topological polar surface area (TPSA) is 147 Å². The van der Waals surface area contributed by atoms with E-state index in [2.05, 4.69) is 0 Å². The number of rotatable bonds is 0. The van der Waals surface area contributed by atoms with Gasteiger partial charge in [-0.05, 0) is 0 Å². The van der Waals surface area contributed by atoms with E-state index in [1.54, 1.807) is 0 Å². The van der Waals surface area contributed by atoms with Crippen molar-refractivity contribution in [3.63, 3.8) is 0 Å². The van der Waals surface area contributed by atoms with Crippen LogP contribution in [0.5, 0.6) is 0 Å². The third-order valence-corrected chi connectivity index (χ3v) is 17.0. The molecule has 0 aromatic carbocycles. The van der Waals surface area contributed by atoms with E-state index in [0.717, 1.165) is 32.7 Å². The molecule has 5 N–H and O–H groups in total. The lowest BCUT2D eigenvalue weighted by atomic mass is 11.9. The fourth-order valence-corrected chi connectivity index (χ4v) is 18.6. The van der Waals surface area contributed by atoms with Gasteiger partial charge in [-0.25, -0.2) is 0 Å². The van der Waals surface area contributed by atoms with Crippen LogP contribution in [0.4, 0.5) is 0 Å². The smallest absolute Gasteiger partial charge is 0.391 e. The monoisotopic (exact) mass is 380 g/mol. The van der Waals surface area contributed by atoms with Crippen molar-refractivity contribution in [3.8, 4) is 0 Å². The quantitative estimate of drug-likeness (QED) is 0.296. The van der Waals surface area contributed by atoms with Gasteiger partial charge in [0.25, 0.3) is 0 Å². The van der Waals surface area contributed by atoms with E-state index < -0.39 is 44.0 Å². The van der Waals surface area contributed by atoms with Crippen LogP contribution in [0.3, 0.4) is 0 Å². The highest BCUT2D eigenvalue weighted by molar-refractivity contribution is 6.86. The van der Waals surface area contributed by atoms with Gasteiger partial charge in [0.15, 0.2) is 0 Å². The van der Waals surface area contributed by atoms with Crippen LogP contribution >= 0.6 is 0 Å². The molecule has 1 fully saturated rings. The zero-order valence-corrected chi connectivity index (χ0v) is 16.8. The Morgan fingerprint density at radius 1 is 0.400 bits per heavy atom. The Hall–Kier alpha value is 0.684. The highest BCUT2D eigenvalue weighted by Gasteiger charge is 2.58. The van der Waals surface area contributed by atoms with Gasteiger partial charge in [0.2, 0.25) is 0 Å². The lowest BCUT2D eigenvalue weighted by molar-refractivity contribution is 0.0811. The largest absolute Gasteiger partial charge is 0.480 e. The Morgan fingerprint density at radius 2 is 0.500 bits per heavy atom. The maximum atomic E-state index is 10.0. The molecule has 1 saturated heterocycles. The summed E-state index contributed by atoms with van der Waals surface area (Å²) in [5, 5.41) is 0. The van der Waals surface area contributed by atoms with E-state index in [0.29, 0.717) is 0 Å². The first-order valence-electron chi connectivity index (χ1n) is 5.66. The average Bonchev–Trinajstić information content (AvgIpc) is 1.84. The van der Waals surface area contributed by atoms with Crippen LogP contribution in [0, 0.1) is 0 Å². The van der Waals surface area contributed by atoms with E-state index in [4.69, 9.17) is 20.6 Å². The summed E-state index contributed by atoms with van der Waals surface area (Å²) in [4.78, 5) is 50.1. The zero-order valence-electron chi connectivity index (χ0n) is 11.8. The summed E-state index contributed by atoms with van der Waals surface area (Å²) in [5.74, 6) is 0. The fourth-order valence-electron chi connectivity index (χ4n) is 1.86. The van der Waals surface area contributed by atoms with Gasteiger partial charge in [-0.15, -0.1) is 0 Å². The maximum absolute atomic E-state index is 10.0. The molecule has 120 valence electrons. The molecule has 0 amide bonds. The molecule has 1 rings (SSSR count). The molecule has 15 heteroatoms. The molecular weight excluding hydrogens is 360 g/mol. The van der Waals surface area contributed by atoms with Gasteiger partial charge in [-0.2, -0.15) is 0 Å². The summed E-state index contributed by atoms with van der Waals surface area (Å²) >= 11 is 0. The minimum absolute atomic E-state index is 1.15. The van der Waals surface area contributed by atoms with Gasteiger partial charge in [0.1, 0.15) is 0 Å². The third kappa shape index (κ3) is 6.21. The molecule has 0 unspecified atom stereocenters. The molecule has 20 heavy (non-hydrogen) atoms. The van der Waals surface area contributed by atoms with Gasteiger partial charge in [-0.1, -0.05) is 0 Å². The minimum atomic E-state index is -3.98. The summed E-state index contributed by atoms with van der Waals surface area (Å²) in [5.41, 5.74) is 0. The van der Waals surface area contributed by atoms with Crippen molar-refractivity contribution >= 4 is 44.0 Å². The van der Waals surface area contributed by atoms with E-state index in [-0.39, 0.29) is 0 Å². The Kier molecular flexibility index (Phi) is 5.05. The molecule has 1 aliphatic heterocycles. The van der Waals surface area contributed by atoms with Gasteiger partial charge in [0, 0.05) is 32.7 Å². The maximum Gasteiger partial charge on any atom is 0.480 e. The standard InChI is InChI=1S/C5H20O10Si5/c1-16(6)11-17(2,7)13-19(4,9)15-20(5,10)14-18(3,8)12-16/h6-10H,1-5H3. The van der Waals surface area contributed by atoms with Crippen LogP contribution in [0.25, 0.3) is 0 Å². The lowest BCUT2D eigenvalue weighted by Gasteiger charge is -2.40. The highest BCUT2D eigenvalue weighted by Crippen LogP contribution is 2.25. The van der Waals surface area contributed by atoms with Crippen LogP contribution in [-0.4, -0.2) is 68.0 Å². The summed E-state index contributed by atoms with van der Waals surface area (Å²) in [6, 6.07) is 0. The van der Waals surface area contributed by atoms with Crippen LogP contribution in [-0.2, 0) is 20.6 Å². The summed E-state index contributed by atoms with van der Waals surface area (Å²) in [7, 11) is -19.9. The van der Waals surface area contributed by atoms with E-state index in [1.807, 2.05) is 0 Å². The van der Waals surface area contributed by atoms with E-state index in [9.17, 15) is 24.0 Å². The Bertz CT molecular complexity index is 268. The molecule has 1 aliphatic rings. The summed E-state index contributed by atoms with van der Waals surface area (Å²) in [6.07, 6.45) is 0. The van der Waals surface area contributed by atoms with Crippen molar-refractivity contribution in [1.82, 2.24) is 0 Å². The van der Waals surface area contributed by atoms with Crippen molar-refractivity contribution in [2.45, 2.75) is 32.7 Å². The van der Waals surface area contributed by atoms with Crippen LogP contribution in [0.1, 0.15) is 0 Å². The van der Waals surface area contributed by atoms with E-state index in [1.165, 1.54) is 0 Å². The molecule has 0 aromatic rings. The van der Waals surface area contributed by atoms with Crippen LogP contribution < -0.4 is 0 Å². The van der Waals surface area contributed by atoms with Crippen molar-refractivity contribution in [2.24, 2.45) is 0 Å². The molecule has 0 spiro atoms. The number of hydrogen-bond donors (Lipinski definition) is 5. The molecule has 0 bridgehead atoms. The predicted octanol–water partition coefficient (Wildman–Crippen LogP) is -2.11. The number of hydrogen-bond acceptors (Lipinski definition) is 10. The second-order valence-electron chi connectivity index (χ2n) is 5.00. The first-order valence-corrected chi connectivity index (χ1v) is 17.0. The molecule has 0 saturated carbocycles. The molecule has 1 heterocycles. The summed E-state index contributed by atoms with van der Waals surface area (Å²) in [6.45, 7) is 5.75. The Balaban J connectivity index is 3.15. The third-order valence-electron chi connectivity index (χ3n) is 1.89. The molecule has 0 aliphatic carbocycles. The molecule has 10 nitrogen and oxygen atoms in total. The van der Waals surface area contributed by atoms with E-state index >= 15 is 0 Å². The van der Waals surface area contributed by atoms with Gasteiger partial charge in [0.05, 0.1) is 0 Å². The van der Waals surface area contributed by atoms with Crippen LogP contribution in [0.2, 0.25) is 32.7 Å². The molecule has 0 atom stereocenters. The second-order valence-corrected chi connectivity index (χ2v) is 18.1. The Labute approximate surface area is 121 Å². The molecular formula is C5H20O10Si5. The van der Waals surface area contributed by atoms with Crippen LogP contribution in [0.15, 0.2) is 0 Å². The fraction of sp³-hybridized carbons (Fsp3) is 1.00. The SMILES string of the molecule is C[Si]1(O)O[Si](C)(O)O[Si](C)(O)O[Si](C)(O)O[Si](C)(O)O1. The minimum Gasteiger partial charge on any atom is -0.391 e. The predicted molar refractivity (Wildman–Crippen MR) is 74.6 cm³/mol. The normalized spacial score (nSPS) is 55.5. The van der Waals surface area contributed by atoms with Gasteiger partial charge < -0.3 is 44.6 Å². The van der Waals surface area contributed by atoms with Gasteiger partial charge >= 0.3 is 44.0 Å². The highest BCUT2D eigenvalue weighted by atomic mass is 28.6. The van der Waals surface area contributed by atoms with Crippen molar-refractivity contribution in [2.75, 3.05) is 0 Å². The lowest BCUT2D eigenvalue weighted by Crippen LogP contribution is -2.68. The average molecular weight is 381 g/mol. The molecule has 0 aromatic heterocycles. The van der Waals surface area contributed by atoms with Crippen molar-refractivity contribution < 1.29 is 44.6 Å². The van der Waals surface area contributed by atoms with Crippen molar-refractivity contribution in [1.29, 1.82) is 0 Å². The second kappa shape index (κ2) is 5.40.